The zero-order valence-corrected chi connectivity index (χ0v) is 15.5. The second-order valence-corrected chi connectivity index (χ2v) is 8.22. The minimum absolute atomic E-state index is 1.03. The summed E-state index contributed by atoms with van der Waals surface area (Å²) in [6.07, 6.45) is 3.21. The number of aromatic nitrogens is 1. The van der Waals surface area contributed by atoms with Crippen LogP contribution in [0.1, 0.15) is 22.4 Å². The average molecular weight is 357 g/mol. The largest absolute Gasteiger partial charge is 0.357 e. The number of fused-ring (bicyclic) bond motifs is 9. The highest BCUT2D eigenvalue weighted by Crippen LogP contribution is 2.45. The molecule has 0 aliphatic heterocycles. The Morgan fingerprint density at radius 1 is 0.571 bits per heavy atom. The van der Waals surface area contributed by atoms with Crippen LogP contribution in [-0.2, 0) is 19.3 Å². The summed E-state index contributed by atoms with van der Waals surface area (Å²) >= 11 is 0. The molecule has 0 radical (unpaired) electrons. The van der Waals surface area contributed by atoms with Crippen LogP contribution in [0.2, 0.25) is 0 Å². The van der Waals surface area contributed by atoms with Gasteiger partial charge in [0.05, 0.1) is 5.52 Å². The van der Waals surface area contributed by atoms with Crippen molar-refractivity contribution in [2.45, 2.75) is 19.3 Å². The molecule has 2 aliphatic carbocycles. The number of rotatable bonds is 0. The van der Waals surface area contributed by atoms with E-state index in [1.54, 1.807) is 11.1 Å². The van der Waals surface area contributed by atoms with E-state index in [1.807, 2.05) is 0 Å². The summed E-state index contributed by atoms with van der Waals surface area (Å²) in [5.74, 6) is 0. The number of benzene rings is 4. The fourth-order valence-electron chi connectivity index (χ4n) is 5.50. The Balaban J connectivity index is 1.42. The fraction of sp³-hybridized carbons (Fsp3) is 0.111. The van der Waals surface area contributed by atoms with Gasteiger partial charge in [-0.25, -0.2) is 0 Å². The summed E-state index contributed by atoms with van der Waals surface area (Å²) in [5.41, 5.74) is 10.4. The highest BCUT2D eigenvalue weighted by molar-refractivity contribution is 6.08. The van der Waals surface area contributed by atoms with Crippen LogP contribution in [0.3, 0.4) is 0 Å². The molecule has 1 heterocycles. The van der Waals surface area contributed by atoms with Crippen molar-refractivity contribution in [2.24, 2.45) is 0 Å². The maximum Gasteiger partial charge on any atom is 0.0538 e. The molecule has 0 bridgehead atoms. The molecule has 5 aromatic rings. The zero-order chi connectivity index (χ0) is 18.2. The summed E-state index contributed by atoms with van der Waals surface area (Å²) in [7, 11) is 0. The van der Waals surface area contributed by atoms with Gasteiger partial charge < -0.3 is 4.98 Å². The molecule has 28 heavy (non-hydrogen) atoms. The Bertz CT molecular complexity index is 1480. The van der Waals surface area contributed by atoms with Gasteiger partial charge in [0, 0.05) is 22.9 Å². The molecule has 1 nitrogen and oxygen atoms in total. The Morgan fingerprint density at radius 2 is 1.29 bits per heavy atom. The summed E-state index contributed by atoms with van der Waals surface area (Å²) < 4.78 is 0. The van der Waals surface area contributed by atoms with E-state index in [9.17, 15) is 0 Å². The van der Waals surface area contributed by atoms with Gasteiger partial charge in [-0.05, 0) is 51.3 Å². The lowest BCUT2D eigenvalue weighted by atomic mass is 9.89. The third kappa shape index (κ3) is 1.81. The van der Waals surface area contributed by atoms with E-state index in [0.717, 1.165) is 19.3 Å². The number of nitrogens with one attached hydrogen (secondary N) is 1. The number of allylic oxidation sites excluding steroid dienone is 2. The molecule has 0 spiro atoms. The van der Waals surface area contributed by atoms with Crippen LogP contribution in [0, 0.1) is 0 Å². The van der Waals surface area contributed by atoms with Crippen molar-refractivity contribution in [1.29, 1.82) is 0 Å². The van der Waals surface area contributed by atoms with Crippen LogP contribution in [0.25, 0.3) is 38.0 Å². The molecule has 132 valence electrons. The SMILES string of the molecule is c1ccc2c3c(ccc2c1)C1=C(C3)Cc2c([nH]c3c2ccc2ccccc23)C1. The average Bonchev–Trinajstić information content (AvgIpc) is 3.30. The van der Waals surface area contributed by atoms with Gasteiger partial charge in [0.2, 0.25) is 0 Å². The predicted octanol–water partition coefficient (Wildman–Crippen LogP) is 6.58. The van der Waals surface area contributed by atoms with Crippen LogP contribution >= 0.6 is 0 Å². The monoisotopic (exact) mass is 357 g/mol. The molecule has 0 unspecified atom stereocenters. The Hall–Kier alpha value is -3.32. The van der Waals surface area contributed by atoms with Crippen molar-refractivity contribution in [3.63, 3.8) is 0 Å². The van der Waals surface area contributed by atoms with Gasteiger partial charge in [0.25, 0.3) is 0 Å². The number of aromatic amines is 1. The van der Waals surface area contributed by atoms with Crippen molar-refractivity contribution in [3.8, 4) is 0 Å². The molecular formula is C27H19N. The van der Waals surface area contributed by atoms with Gasteiger partial charge in [0.1, 0.15) is 0 Å². The minimum Gasteiger partial charge on any atom is -0.357 e. The molecular weight excluding hydrogens is 338 g/mol. The van der Waals surface area contributed by atoms with Crippen molar-refractivity contribution < 1.29 is 0 Å². The van der Waals surface area contributed by atoms with E-state index in [2.05, 4.69) is 77.8 Å². The molecule has 4 aromatic carbocycles. The Morgan fingerprint density at radius 3 is 2.18 bits per heavy atom. The summed E-state index contributed by atoms with van der Waals surface area (Å²) in [4.78, 5) is 3.81. The second-order valence-electron chi connectivity index (χ2n) is 8.22. The third-order valence-corrected chi connectivity index (χ3v) is 6.82. The first-order valence-corrected chi connectivity index (χ1v) is 10.1. The number of H-pyrrole nitrogens is 1. The molecule has 0 saturated carbocycles. The molecule has 7 rings (SSSR count). The standard InChI is InChI=1S/C27H19N/c1-3-7-19-16(5-1)9-11-21-23-15-26-25(14-18(23)13-24(19)21)22-12-10-17-6-2-4-8-20(17)27(22)28-26/h1-12,28H,13-15H2. The lowest BCUT2D eigenvalue weighted by Gasteiger charge is -2.16. The van der Waals surface area contributed by atoms with Gasteiger partial charge in [-0.3, -0.25) is 0 Å². The van der Waals surface area contributed by atoms with Crippen LogP contribution in [0.4, 0.5) is 0 Å². The Labute approximate surface area is 163 Å². The highest BCUT2D eigenvalue weighted by Gasteiger charge is 2.29. The lowest BCUT2D eigenvalue weighted by molar-refractivity contribution is 0.999. The first kappa shape index (κ1) is 14.7. The molecule has 1 heteroatoms. The van der Waals surface area contributed by atoms with E-state index >= 15 is 0 Å². The van der Waals surface area contributed by atoms with Crippen LogP contribution in [0.15, 0.2) is 78.4 Å². The van der Waals surface area contributed by atoms with Crippen molar-refractivity contribution in [3.05, 3.63) is 101 Å². The maximum absolute atomic E-state index is 3.81. The molecule has 0 fully saturated rings. The Kier molecular flexibility index (Phi) is 2.70. The molecule has 0 saturated heterocycles. The normalized spacial score (nSPS) is 15.3. The van der Waals surface area contributed by atoms with E-state index in [1.165, 1.54) is 54.8 Å². The predicted molar refractivity (Wildman–Crippen MR) is 118 cm³/mol. The van der Waals surface area contributed by atoms with Gasteiger partial charge in [-0.2, -0.15) is 0 Å². The fourth-order valence-corrected chi connectivity index (χ4v) is 5.50. The minimum atomic E-state index is 1.03. The van der Waals surface area contributed by atoms with Crippen molar-refractivity contribution in [1.82, 2.24) is 4.98 Å². The van der Waals surface area contributed by atoms with E-state index in [4.69, 9.17) is 0 Å². The second kappa shape index (κ2) is 5.14. The smallest absolute Gasteiger partial charge is 0.0538 e. The summed E-state index contributed by atoms with van der Waals surface area (Å²) in [5, 5.41) is 6.83. The zero-order valence-electron chi connectivity index (χ0n) is 15.5. The summed E-state index contributed by atoms with van der Waals surface area (Å²) in [6, 6.07) is 26.7. The van der Waals surface area contributed by atoms with Crippen LogP contribution in [0.5, 0.6) is 0 Å². The molecule has 2 aliphatic rings. The van der Waals surface area contributed by atoms with Gasteiger partial charge in [-0.1, -0.05) is 78.4 Å². The number of hydrogen-bond donors (Lipinski definition) is 1. The quantitative estimate of drug-likeness (QED) is 0.322. The highest BCUT2D eigenvalue weighted by atomic mass is 14.7. The maximum atomic E-state index is 3.81. The first-order valence-electron chi connectivity index (χ1n) is 10.1. The number of hydrogen-bond acceptors (Lipinski definition) is 0. The van der Waals surface area contributed by atoms with E-state index < -0.39 is 0 Å². The van der Waals surface area contributed by atoms with Gasteiger partial charge in [-0.15, -0.1) is 0 Å². The van der Waals surface area contributed by atoms with Gasteiger partial charge in [0.15, 0.2) is 0 Å². The summed E-state index contributed by atoms with van der Waals surface area (Å²) in [6.45, 7) is 0. The third-order valence-electron chi connectivity index (χ3n) is 6.82. The molecule has 1 aromatic heterocycles. The molecule has 0 amide bonds. The first-order chi connectivity index (χ1) is 13.9. The van der Waals surface area contributed by atoms with Crippen molar-refractivity contribution in [2.75, 3.05) is 0 Å². The van der Waals surface area contributed by atoms with E-state index in [-0.39, 0.29) is 0 Å². The van der Waals surface area contributed by atoms with Gasteiger partial charge >= 0.3 is 0 Å². The van der Waals surface area contributed by atoms with E-state index in [0.29, 0.717) is 0 Å². The lowest BCUT2D eigenvalue weighted by Crippen LogP contribution is -2.04. The van der Waals surface area contributed by atoms with Crippen molar-refractivity contribution >= 4 is 38.0 Å². The molecule has 0 atom stereocenters. The van der Waals surface area contributed by atoms with Crippen LogP contribution in [-0.4, -0.2) is 4.98 Å². The van der Waals surface area contributed by atoms with Crippen LogP contribution < -0.4 is 0 Å². The topological polar surface area (TPSA) is 15.8 Å². The molecule has 1 N–H and O–H groups in total.